The summed E-state index contributed by atoms with van der Waals surface area (Å²) in [5, 5.41) is 0. The van der Waals surface area contributed by atoms with Crippen molar-refractivity contribution in [2.75, 3.05) is 0 Å². The molecule has 0 spiro atoms. The molecule has 0 aromatic carbocycles. The number of hydrogen-bond acceptors (Lipinski definition) is 1. The number of hydrogen-bond donors (Lipinski definition) is 0. The summed E-state index contributed by atoms with van der Waals surface area (Å²) < 4.78 is 1.39. The van der Waals surface area contributed by atoms with E-state index >= 15 is 0 Å². The van der Waals surface area contributed by atoms with Crippen LogP contribution in [0.25, 0.3) is 0 Å². The standard InChI is InChI=1S/C9H11BrS/c1-6-9(10)7-4-2-3-5-8(7)11-6/h2-5H2,1H3. The predicted octanol–water partition coefficient (Wildman–Crippen LogP) is 3.70. The number of rotatable bonds is 0. The van der Waals surface area contributed by atoms with E-state index in [1.807, 2.05) is 11.3 Å². The summed E-state index contributed by atoms with van der Waals surface area (Å²) in [5.41, 5.74) is 1.60. The lowest BCUT2D eigenvalue weighted by Gasteiger charge is -2.09. The van der Waals surface area contributed by atoms with E-state index in [-0.39, 0.29) is 0 Å². The largest absolute Gasteiger partial charge is 0.144 e. The number of halogens is 1. The third-order valence-corrected chi connectivity index (χ3v) is 4.81. The highest BCUT2D eigenvalue weighted by Gasteiger charge is 2.16. The van der Waals surface area contributed by atoms with Gasteiger partial charge in [0.2, 0.25) is 0 Å². The van der Waals surface area contributed by atoms with Crippen molar-refractivity contribution in [3.63, 3.8) is 0 Å². The van der Waals surface area contributed by atoms with Crippen LogP contribution in [0.15, 0.2) is 4.47 Å². The van der Waals surface area contributed by atoms with Crippen molar-refractivity contribution in [1.29, 1.82) is 0 Å². The average molecular weight is 231 g/mol. The highest BCUT2D eigenvalue weighted by atomic mass is 79.9. The molecule has 1 aromatic rings. The van der Waals surface area contributed by atoms with E-state index in [1.165, 1.54) is 35.0 Å². The molecule has 0 saturated carbocycles. The lowest BCUT2D eigenvalue weighted by molar-refractivity contribution is 0.695. The van der Waals surface area contributed by atoms with Gasteiger partial charge in [-0.05, 0) is 54.1 Å². The number of fused-ring (bicyclic) bond motifs is 1. The summed E-state index contributed by atoms with van der Waals surface area (Å²) in [4.78, 5) is 3.08. The lowest BCUT2D eigenvalue weighted by Crippen LogP contribution is -1.97. The number of aryl methyl sites for hydroxylation is 2. The smallest absolute Gasteiger partial charge is 0.0346 e. The molecule has 0 saturated heterocycles. The molecule has 0 unspecified atom stereocenters. The first-order chi connectivity index (χ1) is 5.29. The van der Waals surface area contributed by atoms with E-state index in [1.54, 1.807) is 10.4 Å². The van der Waals surface area contributed by atoms with E-state index in [2.05, 4.69) is 22.9 Å². The molecule has 11 heavy (non-hydrogen) atoms. The quantitative estimate of drug-likeness (QED) is 0.638. The zero-order valence-corrected chi connectivity index (χ0v) is 9.02. The maximum Gasteiger partial charge on any atom is 0.0346 e. The van der Waals surface area contributed by atoms with Gasteiger partial charge in [-0.3, -0.25) is 0 Å². The van der Waals surface area contributed by atoms with Crippen LogP contribution in [0.3, 0.4) is 0 Å². The Labute approximate surface area is 79.8 Å². The van der Waals surface area contributed by atoms with Gasteiger partial charge in [0.25, 0.3) is 0 Å². The Kier molecular flexibility index (Phi) is 2.06. The van der Waals surface area contributed by atoms with Gasteiger partial charge in [0.05, 0.1) is 0 Å². The Morgan fingerprint density at radius 3 is 2.73 bits per heavy atom. The van der Waals surface area contributed by atoms with Crippen LogP contribution in [0, 0.1) is 6.92 Å². The molecule has 1 aliphatic carbocycles. The van der Waals surface area contributed by atoms with Crippen LogP contribution < -0.4 is 0 Å². The van der Waals surface area contributed by atoms with Crippen molar-refractivity contribution in [2.24, 2.45) is 0 Å². The van der Waals surface area contributed by atoms with E-state index < -0.39 is 0 Å². The molecule has 1 aromatic heterocycles. The minimum Gasteiger partial charge on any atom is -0.144 e. The van der Waals surface area contributed by atoms with Crippen LogP contribution in [-0.4, -0.2) is 0 Å². The van der Waals surface area contributed by atoms with Gasteiger partial charge in [0, 0.05) is 14.2 Å². The lowest BCUT2D eigenvalue weighted by atomic mass is 9.99. The maximum absolute atomic E-state index is 3.65. The Morgan fingerprint density at radius 1 is 1.27 bits per heavy atom. The Morgan fingerprint density at radius 2 is 2.00 bits per heavy atom. The van der Waals surface area contributed by atoms with E-state index in [0.29, 0.717) is 0 Å². The van der Waals surface area contributed by atoms with Gasteiger partial charge >= 0.3 is 0 Å². The van der Waals surface area contributed by atoms with Gasteiger partial charge in [0.1, 0.15) is 0 Å². The zero-order valence-electron chi connectivity index (χ0n) is 6.61. The van der Waals surface area contributed by atoms with Crippen LogP contribution in [-0.2, 0) is 12.8 Å². The van der Waals surface area contributed by atoms with Gasteiger partial charge in [-0.25, -0.2) is 0 Å². The van der Waals surface area contributed by atoms with E-state index in [0.717, 1.165) is 0 Å². The molecule has 0 bridgehead atoms. The molecule has 0 nitrogen and oxygen atoms in total. The molecule has 0 aliphatic heterocycles. The second kappa shape index (κ2) is 2.91. The van der Waals surface area contributed by atoms with Crippen molar-refractivity contribution in [2.45, 2.75) is 32.6 Å². The predicted molar refractivity (Wildman–Crippen MR) is 53.4 cm³/mol. The first-order valence-corrected chi connectivity index (χ1v) is 5.66. The van der Waals surface area contributed by atoms with Crippen molar-refractivity contribution >= 4 is 27.3 Å². The minimum atomic E-state index is 1.29. The molecule has 0 atom stereocenters. The molecule has 60 valence electrons. The molecule has 2 rings (SSSR count). The summed E-state index contributed by atoms with van der Waals surface area (Å²) in [6.45, 7) is 2.20. The Bertz CT molecular complexity index is 275. The molecule has 1 aliphatic rings. The molecular weight excluding hydrogens is 220 g/mol. The molecule has 0 amide bonds. The topological polar surface area (TPSA) is 0 Å². The van der Waals surface area contributed by atoms with Crippen LogP contribution in [0.1, 0.15) is 28.2 Å². The second-order valence-corrected chi connectivity index (χ2v) is 5.18. The fourth-order valence-corrected chi connectivity index (χ4v) is 3.63. The molecule has 0 fully saturated rings. The van der Waals surface area contributed by atoms with E-state index in [9.17, 15) is 0 Å². The highest BCUT2D eigenvalue weighted by Crippen LogP contribution is 2.37. The minimum absolute atomic E-state index is 1.29. The van der Waals surface area contributed by atoms with Crippen molar-refractivity contribution in [3.8, 4) is 0 Å². The first-order valence-electron chi connectivity index (χ1n) is 4.05. The van der Waals surface area contributed by atoms with Gasteiger partial charge in [-0.15, -0.1) is 11.3 Å². The van der Waals surface area contributed by atoms with Crippen molar-refractivity contribution in [3.05, 3.63) is 19.8 Å². The van der Waals surface area contributed by atoms with Crippen LogP contribution in [0.2, 0.25) is 0 Å². The Hall–Kier alpha value is 0.180. The van der Waals surface area contributed by atoms with Gasteiger partial charge in [-0.1, -0.05) is 0 Å². The highest BCUT2D eigenvalue weighted by molar-refractivity contribution is 9.10. The van der Waals surface area contributed by atoms with Gasteiger partial charge < -0.3 is 0 Å². The third kappa shape index (κ3) is 1.27. The van der Waals surface area contributed by atoms with Crippen LogP contribution in [0.4, 0.5) is 0 Å². The molecule has 2 heteroatoms. The fourth-order valence-electron chi connectivity index (χ4n) is 1.66. The van der Waals surface area contributed by atoms with E-state index in [4.69, 9.17) is 0 Å². The summed E-state index contributed by atoms with van der Waals surface area (Å²) in [6.07, 6.45) is 5.37. The number of thiophene rings is 1. The average Bonchev–Trinajstić information content (AvgIpc) is 2.30. The summed E-state index contributed by atoms with van der Waals surface area (Å²) in [7, 11) is 0. The molecule has 0 radical (unpaired) electrons. The molecule has 0 N–H and O–H groups in total. The van der Waals surface area contributed by atoms with Crippen LogP contribution >= 0.6 is 27.3 Å². The summed E-state index contributed by atoms with van der Waals surface area (Å²) >= 11 is 5.62. The SMILES string of the molecule is Cc1sc2c(c1Br)CCCC2. The monoisotopic (exact) mass is 230 g/mol. The Balaban J connectivity index is 2.50. The first kappa shape index (κ1) is 7.81. The van der Waals surface area contributed by atoms with Gasteiger partial charge in [-0.2, -0.15) is 0 Å². The third-order valence-electron chi connectivity index (χ3n) is 2.27. The fraction of sp³-hybridized carbons (Fsp3) is 0.556. The van der Waals surface area contributed by atoms with Gasteiger partial charge in [0.15, 0.2) is 0 Å². The van der Waals surface area contributed by atoms with Crippen LogP contribution in [0.5, 0.6) is 0 Å². The maximum atomic E-state index is 3.65. The normalized spacial score (nSPS) is 16.5. The second-order valence-electron chi connectivity index (χ2n) is 3.08. The molecule has 1 heterocycles. The zero-order chi connectivity index (χ0) is 7.84. The summed E-state index contributed by atoms with van der Waals surface area (Å²) in [5.74, 6) is 0. The summed E-state index contributed by atoms with van der Waals surface area (Å²) in [6, 6.07) is 0. The van der Waals surface area contributed by atoms with Crippen molar-refractivity contribution < 1.29 is 0 Å². The van der Waals surface area contributed by atoms with Crippen molar-refractivity contribution in [1.82, 2.24) is 0 Å². The molecular formula is C9H11BrS.